The van der Waals surface area contributed by atoms with Gasteiger partial charge in [0.2, 0.25) is 0 Å². The Hall–Kier alpha value is -1.44. The van der Waals surface area contributed by atoms with Crippen molar-refractivity contribution in [1.29, 1.82) is 0 Å². The van der Waals surface area contributed by atoms with Crippen LogP contribution in [0.2, 0.25) is 0 Å². The number of nitrogen functional groups attached to an aromatic ring is 1. The van der Waals surface area contributed by atoms with E-state index in [2.05, 4.69) is 20.3 Å². The molecule has 1 aromatic heterocycles. The van der Waals surface area contributed by atoms with Crippen molar-refractivity contribution in [3.05, 3.63) is 11.9 Å². The monoisotopic (exact) mass is 253 g/mol. The Morgan fingerprint density at radius 2 is 1.89 bits per heavy atom. The van der Waals surface area contributed by atoms with Crippen LogP contribution >= 0.6 is 0 Å². The second-order valence-corrected chi connectivity index (χ2v) is 4.26. The molecule has 0 aromatic carbocycles. The van der Waals surface area contributed by atoms with Crippen LogP contribution in [-0.4, -0.2) is 49.5 Å². The fourth-order valence-electron chi connectivity index (χ4n) is 2.17. The number of hydrogen-bond donors (Lipinski definition) is 2. The van der Waals surface area contributed by atoms with E-state index in [0.717, 1.165) is 18.9 Å². The Morgan fingerprint density at radius 1 is 1.28 bits per heavy atom. The summed E-state index contributed by atoms with van der Waals surface area (Å²) in [5.74, 6) is 7.50. The van der Waals surface area contributed by atoms with Crippen molar-refractivity contribution in [3.8, 4) is 0 Å². The average Bonchev–Trinajstić information content (AvgIpc) is 2.81. The summed E-state index contributed by atoms with van der Waals surface area (Å²) in [5.41, 5.74) is 2.54. The second kappa shape index (κ2) is 5.47. The van der Waals surface area contributed by atoms with Gasteiger partial charge in [0.25, 0.3) is 0 Å². The quantitative estimate of drug-likeness (QED) is 0.573. The van der Waals surface area contributed by atoms with Gasteiger partial charge in [-0.05, 0) is 6.92 Å². The van der Waals surface area contributed by atoms with E-state index in [-0.39, 0.29) is 12.2 Å². The van der Waals surface area contributed by atoms with Gasteiger partial charge >= 0.3 is 0 Å². The molecule has 0 amide bonds. The second-order valence-electron chi connectivity index (χ2n) is 4.26. The third kappa shape index (κ3) is 2.53. The lowest BCUT2D eigenvalue weighted by molar-refractivity contribution is -0.00461. The minimum absolute atomic E-state index is 0.0551. The Bertz CT molecular complexity index is 402. The van der Waals surface area contributed by atoms with Crippen molar-refractivity contribution in [3.63, 3.8) is 0 Å². The molecule has 0 spiro atoms. The normalized spacial score (nSPS) is 23.4. The van der Waals surface area contributed by atoms with Gasteiger partial charge in [-0.25, -0.2) is 15.8 Å². The molecule has 7 heteroatoms. The van der Waals surface area contributed by atoms with E-state index in [1.54, 1.807) is 14.2 Å². The first-order valence-corrected chi connectivity index (χ1v) is 5.80. The van der Waals surface area contributed by atoms with Crippen LogP contribution in [-0.2, 0) is 9.47 Å². The largest absolute Gasteiger partial charge is 0.377 e. The summed E-state index contributed by atoms with van der Waals surface area (Å²) in [5, 5.41) is 0. The average molecular weight is 253 g/mol. The van der Waals surface area contributed by atoms with Gasteiger partial charge in [-0.1, -0.05) is 0 Å². The smallest absolute Gasteiger partial charge is 0.145 e. The number of aryl methyl sites for hydroxylation is 1. The van der Waals surface area contributed by atoms with Crippen molar-refractivity contribution in [2.75, 3.05) is 37.6 Å². The van der Waals surface area contributed by atoms with Gasteiger partial charge in [0, 0.05) is 33.4 Å². The number of rotatable bonds is 4. The van der Waals surface area contributed by atoms with Gasteiger partial charge in [0.1, 0.15) is 29.7 Å². The number of hydrazine groups is 1. The number of nitrogens with two attached hydrogens (primary N) is 1. The number of ether oxygens (including phenoxy) is 2. The topological polar surface area (TPSA) is 85.5 Å². The molecule has 100 valence electrons. The Morgan fingerprint density at radius 3 is 2.39 bits per heavy atom. The molecule has 1 aliphatic rings. The molecule has 0 aliphatic carbocycles. The fourth-order valence-corrected chi connectivity index (χ4v) is 2.17. The lowest BCUT2D eigenvalue weighted by Gasteiger charge is -2.17. The minimum atomic E-state index is 0.0551. The molecule has 1 aliphatic heterocycles. The van der Waals surface area contributed by atoms with Gasteiger partial charge in [0.15, 0.2) is 0 Å². The van der Waals surface area contributed by atoms with Crippen LogP contribution in [0.15, 0.2) is 6.07 Å². The SMILES string of the molecule is COC1CN(c2cc(NN)nc(C)n2)CC1OC. The van der Waals surface area contributed by atoms with Crippen LogP contribution < -0.4 is 16.2 Å². The molecule has 7 nitrogen and oxygen atoms in total. The first kappa shape index (κ1) is 13.0. The van der Waals surface area contributed by atoms with Crippen LogP contribution in [0.3, 0.4) is 0 Å². The molecule has 1 aromatic rings. The zero-order valence-electron chi connectivity index (χ0n) is 10.9. The Balaban J connectivity index is 2.20. The zero-order chi connectivity index (χ0) is 13.1. The van der Waals surface area contributed by atoms with Crippen LogP contribution in [0.1, 0.15) is 5.82 Å². The third-order valence-electron chi connectivity index (χ3n) is 3.12. The number of hydrogen-bond acceptors (Lipinski definition) is 7. The molecule has 2 atom stereocenters. The molecule has 2 heterocycles. The fraction of sp³-hybridized carbons (Fsp3) is 0.636. The molecule has 18 heavy (non-hydrogen) atoms. The van der Waals surface area contributed by atoms with Gasteiger partial charge in [0.05, 0.1) is 0 Å². The highest BCUT2D eigenvalue weighted by atomic mass is 16.5. The van der Waals surface area contributed by atoms with Crippen molar-refractivity contribution < 1.29 is 9.47 Å². The third-order valence-corrected chi connectivity index (χ3v) is 3.12. The molecule has 0 bridgehead atoms. The van der Waals surface area contributed by atoms with E-state index < -0.39 is 0 Å². The van der Waals surface area contributed by atoms with Gasteiger partial charge in [-0.15, -0.1) is 0 Å². The van der Waals surface area contributed by atoms with E-state index in [9.17, 15) is 0 Å². The molecule has 2 rings (SSSR count). The van der Waals surface area contributed by atoms with Crippen LogP contribution in [0.5, 0.6) is 0 Å². The molecule has 3 N–H and O–H groups in total. The predicted molar refractivity (Wildman–Crippen MR) is 68.4 cm³/mol. The van der Waals surface area contributed by atoms with Crippen molar-refractivity contribution in [2.24, 2.45) is 5.84 Å². The van der Waals surface area contributed by atoms with E-state index in [1.165, 1.54) is 0 Å². The Kier molecular flexibility index (Phi) is 3.95. The van der Waals surface area contributed by atoms with E-state index in [0.29, 0.717) is 11.6 Å². The number of nitrogens with zero attached hydrogens (tertiary/aromatic N) is 3. The van der Waals surface area contributed by atoms with Gasteiger partial charge < -0.3 is 19.8 Å². The Labute approximate surface area is 106 Å². The first-order valence-electron chi connectivity index (χ1n) is 5.80. The summed E-state index contributed by atoms with van der Waals surface area (Å²) in [4.78, 5) is 10.7. The summed E-state index contributed by atoms with van der Waals surface area (Å²) in [7, 11) is 3.39. The van der Waals surface area contributed by atoms with Crippen LogP contribution in [0.4, 0.5) is 11.6 Å². The maximum absolute atomic E-state index is 5.40. The standard InChI is InChI=1S/C11H19N5O2/c1-7-13-10(15-12)4-11(14-7)16-5-8(17-2)9(6-16)18-3/h4,8-9H,5-6,12H2,1-3H3,(H,13,14,15). The maximum atomic E-state index is 5.40. The van der Waals surface area contributed by atoms with E-state index in [1.807, 2.05) is 13.0 Å². The molecule has 1 fully saturated rings. The van der Waals surface area contributed by atoms with Gasteiger partial charge in [-0.2, -0.15) is 0 Å². The van der Waals surface area contributed by atoms with Crippen LogP contribution in [0.25, 0.3) is 0 Å². The van der Waals surface area contributed by atoms with Crippen molar-refractivity contribution in [1.82, 2.24) is 9.97 Å². The molecule has 1 saturated heterocycles. The number of nitrogens with one attached hydrogen (secondary N) is 1. The molecular weight excluding hydrogens is 234 g/mol. The molecule has 0 radical (unpaired) electrons. The van der Waals surface area contributed by atoms with E-state index in [4.69, 9.17) is 15.3 Å². The zero-order valence-corrected chi connectivity index (χ0v) is 10.9. The highest BCUT2D eigenvalue weighted by molar-refractivity contribution is 5.50. The number of aromatic nitrogens is 2. The summed E-state index contributed by atoms with van der Waals surface area (Å²) in [6, 6.07) is 1.82. The minimum Gasteiger partial charge on any atom is -0.377 e. The summed E-state index contributed by atoms with van der Waals surface area (Å²) in [6.07, 6.45) is 0.110. The van der Waals surface area contributed by atoms with Crippen LogP contribution in [0, 0.1) is 6.92 Å². The van der Waals surface area contributed by atoms with Gasteiger partial charge in [-0.3, -0.25) is 0 Å². The number of anilines is 2. The summed E-state index contributed by atoms with van der Waals surface area (Å²) >= 11 is 0. The lowest BCUT2D eigenvalue weighted by atomic mass is 10.3. The van der Waals surface area contributed by atoms with Crippen molar-refractivity contribution >= 4 is 11.6 Å². The highest BCUT2D eigenvalue weighted by Crippen LogP contribution is 2.23. The van der Waals surface area contributed by atoms with E-state index >= 15 is 0 Å². The molecule has 2 unspecified atom stereocenters. The summed E-state index contributed by atoms with van der Waals surface area (Å²) in [6.45, 7) is 3.33. The predicted octanol–water partition coefficient (Wildman–Crippen LogP) is -0.0794. The molecule has 0 saturated carbocycles. The number of methoxy groups -OCH3 is 2. The molecular formula is C11H19N5O2. The highest BCUT2D eigenvalue weighted by Gasteiger charge is 2.33. The van der Waals surface area contributed by atoms with Crippen molar-refractivity contribution in [2.45, 2.75) is 19.1 Å². The lowest BCUT2D eigenvalue weighted by Crippen LogP contribution is -2.27. The first-order chi connectivity index (χ1) is 8.67. The summed E-state index contributed by atoms with van der Waals surface area (Å²) < 4.78 is 10.8. The maximum Gasteiger partial charge on any atom is 0.145 e.